The van der Waals surface area contributed by atoms with Gasteiger partial charge in [-0.1, -0.05) is 68.4 Å². The van der Waals surface area contributed by atoms with Crippen LogP contribution in [0.25, 0.3) is 0 Å². The van der Waals surface area contributed by atoms with Gasteiger partial charge in [0, 0.05) is 25.1 Å². The third-order valence-corrected chi connectivity index (χ3v) is 18.0. The number of ether oxygens (including phenoxy) is 10. The summed E-state index contributed by atoms with van der Waals surface area (Å²) in [6, 6.07) is 31.9. The van der Waals surface area contributed by atoms with Crippen molar-refractivity contribution < 1.29 is 81.9 Å². The molecule has 94 heavy (non-hydrogen) atoms. The molecule has 2 amide bonds. The van der Waals surface area contributed by atoms with Gasteiger partial charge in [0.2, 0.25) is 11.8 Å². The molecule has 2 heterocycles. The lowest BCUT2D eigenvalue weighted by atomic mass is 9.90. The first-order valence-electron chi connectivity index (χ1n) is 32.8. The van der Waals surface area contributed by atoms with Crippen LogP contribution in [0.15, 0.2) is 109 Å². The first kappa shape index (κ1) is 71.3. The lowest BCUT2D eigenvalue weighted by molar-refractivity contribution is -0.162. The predicted octanol–water partition coefficient (Wildman–Crippen LogP) is 12.0. The molecule has 0 aliphatic carbocycles. The van der Waals surface area contributed by atoms with Crippen molar-refractivity contribution in [3.05, 3.63) is 165 Å². The third-order valence-electron chi connectivity index (χ3n) is 18.0. The third kappa shape index (κ3) is 17.6. The average Bonchev–Trinajstić information content (AvgIpc) is 0.978. The number of esters is 2. The smallest absolute Gasteiger partial charge is 0.329 e. The van der Waals surface area contributed by atoms with Crippen LogP contribution >= 0.6 is 0 Å². The number of aryl methyl sites for hydroxylation is 3. The molecule has 2 fully saturated rings. The standard InChI is InChI=1S/C75H94N2O17/c1-10-60(54-37-48(3)70(89-8)68(43-54)87-6)72(81)76-33-14-12-23-62(76)74(83)94-65(31-27-50-28-32-66(85-4)67(39-50)86-5)52-20-17-22-59(42-52)92-36-18-35-91-58-21-16-19-51(41-58)64(30-26-49-25-29-53(45-78)56(38-49)46-79)93-75(84)63-24-13-15-34-77(63)73(82)61(11-2)55-40-57(47-80)71(90-9)69(44-55)88-7/h16-17,19-22,25,28-29,32,37-44,60-65,78-80H,10-15,18,23-24,26-27,30-31,33-36,45-47H2,1-9H3. The second kappa shape index (κ2) is 35.1. The van der Waals surface area contributed by atoms with Crippen LogP contribution in [0.3, 0.4) is 0 Å². The van der Waals surface area contributed by atoms with Crippen LogP contribution in [-0.4, -0.2) is 130 Å². The number of piperidine rings is 2. The molecule has 6 aromatic carbocycles. The molecule has 8 rings (SSSR count). The summed E-state index contributed by atoms with van der Waals surface area (Å²) in [5.41, 5.74) is 7.24. The summed E-state index contributed by atoms with van der Waals surface area (Å²) < 4.78 is 59.3. The van der Waals surface area contributed by atoms with E-state index in [9.17, 15) is 34.5 Å². The molecular formula is C75H94N2O17. The van der Waals surface area contributed by atoms with Crippen molar-refractivity contribution in [3.63, 3.8) is 0 Å². The number of benzene rings is 6. The van der Waals surface area contributed by atoms with Gasteiger partial charge in [-0.05, 0) is 189 Å². The van der Waals surface area contributed by atoms with E-state index in [1.54, 1.807) is 56.4 Å². The van der Waals surface area contributed by atoms with Crippen molar-refractivity contribution >= 4 is 23.8 Å². The number of hydrogen-bond acceptors (Lipinski definition) is 17. The van der Waals surface area contributed by atoms with Gasteiger partial charge in [-0.25, -0.2) is 9.59 Å². The Morgan fingerprint density at radius 2 is 0.957 bits per heavy atom. The number of aliphatic hydroxyl groups excluding tert-OH is 3. The number of aliphatic hydroxyl groups is 3. The second-order valence-corrected chi connectivity index (χ2v) is 23.9. The van der Waals surface area contributed by atoms with Gasteiger partial charge in [0.15, 0.2) is 34.5 Å². The van der Waals surface area contributed by atoms with Gasteiger partial charge >= 0.3 is 11.9 Å². The molecule has 6 unspecified atom stereocenters. The van der Waals surface area contributed by atoms with E-state index in [0.29, 0.717) is 151 Å². The lowest BCUT2D eigenvalue weighted by Gasteiger charge is -2.37. The van der Waals surface area contributed by atoms with Crippen LogP contribution in [0.2, 0.25) is 0 Å². The van der Waals surface area contributed by atoms with E-state index in [2.05, 4.69) is 0 Å². The van der Waals surface area contributed by atoms with E-state index in [0.717, 1.165) is 47.1 Å². The molecule has 3 N–H and O–H groups in total. The Hall–Kier alpha value is -8.52. The summed E-state index contributed by atoms with van der Waals surface area (Å²) in [5.74, 6) is 1.69. The highest BCUT2D eigenvalue weighted by Crippen LogP contribution is 2.41. The van der Waals surface area contributed by atoms with Crippen molar-refractivity contribution in [2.45, 2.75) is 160 Å². The number of hydrogen-bond donors (Lipinski definition) is 3. The molecule has 0 spiro atoms. The molecule has 2 saturated heterocycles. The van der Waals surface area contributed by atoms with Gasteiger partial charge in [0.25, 0.3) is 0 Å². The minimum atomic E-state index is -0.851. The van der Waals surface area contributed by atoms with E-state index in [-0.39, 0.29) is 44.8 Å². The summed E-state index contributed by atoms with van der Waals surface area (Å²) in [5, 5.41) is 30.3. The van der Waals surface area contributed by atoms with Crippen LogP contribution < -0.4 is 37.9 Å². The Labute approximate surface area is 553 Å². The summed E-state index contributed by atoms with van der Waals surface area (Å²) in [6.45, 7) is 6.36. The number of nitrogens with zero attached hydrogens (tertiary/aromatic N) is 2. The van der Waals surface area contributed by atoms with Crippen LogP contribution in [0.4, 0.5) is 0 Å². The Morgan fingerprint density at radius 3 is 1.44 bits per heavy atom. The van der Waals surface area contributed by atoms with Gasteiger partial charge in [0.1, 0.15) is 35.8 Å². The molecule has 2 aliphatic rings. The highest BCUT2D eigenvalue weighted by Gasteiger charge is 2.40. The van der Waals surface area contributed by atoms with Crippen molar-refractivity contribution in [1.82, 2.24) is 9.80 Å². The van der Waals surface area contributed by atoms with Crippen LogP contribution in [-0.2, 0) is 61.3 Å². The van der Waals surface area contributed by atoms with Gasteiger partial charge in [0.05, 0.1) is 87.5 Å². The maximum atomic E-state index is 14.7. The monoisotopic (exact) mass is 1290 g/mol. The molecular weight excluding hydrogens is 1200 g/mol. The number of carbonyl (C=O) groups excluding carboxylic acids is 4. The summed E-state index contributed by atoms with van der Waals surface area (Å²) in [6.07, 6.45) is 5.55. The predicted molar refractivity (Wildman–Crippen MR) is 355 cm³/mol. The van der Waals surface area contributed by atoms with Crippen LogP contribution in [0.5, 0.6) is 46.0 Å². The highest BCUT2D eigenvalue weighted by molar-refractivity contribution is 5.90. The first-order chi connectivity index (χ1) is 45.7. The largest absolute Gasteiger partial charge is 0.493 e. The number of carbonyl (C=O) groups is 4. The zero-order valence-electron chi connectivity index (χ0n) is 56.0. The first-order valence-corrected chi connectivity index (χ1v) is 32.8. The zero-order valence-corrected chi connectivity index (χ0v) is 56.0. The van der Waals surface area contributed by atoms with E-state index < -0.39 is 48.1 Å². The zero-order chi connectivity index (χ0) is 67.3. The van der Waals surface area contributed by atoms with Crippen molar-refractivity contribution in [2.75, 3.05) is 69.0 Å². The minimum absolute atomic E-state index is 0.141. The molecule has 0 aromatic heterocycles. The molecule has 19 heteroatoms. The topological polar surface area (TPSA) is 228 Å². The van der Waals surface area contributed by atoms with Crippen LogP contribution in [0, 0.1) is 6.92 Å². The van der Waals surface area contributed by atoms with Gasteiger partial charge in [-0.15, -0.1) is 0 Å². The quantitative estimate of drug-likeness (QED) is 0.0257. The maximum Gasteiger partial charge on any atom is 0.329 e. The summed E-state index contributed by atoms with van der Waals surface area (Å²) >= 11 is 0. The number of likely N-dealkylation sites (tertiary alicyclic amines) is 2. The van der Waals surface area contributed by atoms with Crippen molar-refractivity contribution in [1.29, 1.82) is 0 Å². The number of methoxy groups -OCH3 is 6. The molecule has 6 aromatic rings. The van der Waals surface area contributed by atoms with Gasteiger partial charge < -0.3 is 72.5 Å². The normalized spacial score (nSPS) is 16.0. The Morgan fingerprint density at radius 1 is 0.479 bits per heavy atom. The lowest BCUT2D eigenvalue weighted by Crippen LogP contribution is -2.50. The number of rotatable bonds is 33. The minimum Gasteiger partial charge on any atom is -0.493 e. The molecule has 19 nitrogen and oxygen atoms in total. The van der Waals surface area contributed by atoms with Gasteiger partial charge in [-0.3, -0.25) is 9.59 Å². The van der Waals surface area contributed by atoms with E-state index >= 15 is 0 Å². The highest BCUT2D eigenvalue weighted by atomic mass is 16.6. The summed E-state index contributed by atoms with van der Waals surface area (Å²) in [7, 11) is 9.33. The SMILES string of the molecule is CCC(C(=O)N1CCCCC1C(=O)OC(CCc1ccc(OC)c(OC)c1)c1cccc(OCCCOc2cccc(C(CCc3ccc(CO)c(CO)c3)OC(=O)C3CCCCN3C(=O)C(CC)c3cc(CO)c(OC)c(OC)c3)c2)c1)c1cc(C)c(OC)c(OC)c1. The molecule has 0 bridgehead atoms. The van der Waals surface area contributed by atoms with Gasteiger partial charge in [-0.2, -0.15) is 0 Å². The fraction of sp³-hybridized carbons (Fsp3) is 0.467. The Bertz CT molecular complexity index is 3470. The Balaban J connectivity index is 0.962. The van der Waals surface area contributed by atoms with Crippen molar-refractivity contribution in [2.24, 2.45) is 0 Å². The Kier molecular flexibility index (Phi) is 26.6. The maximum absolute atomic E-state index is 14.7. The van der Waals surface area contributed by atoms with Crippen LogP contribution in [0.1, 0.15) is 164 Å². The van der Waals surface area contributed by atoms with E-state index in [4.69, 9.17) is 47.4 Å². The fourth-order valence-electron chi connectivity index (χ4n) is 13.0. The summed E-state index contributed by atoms with van der Waals surface area (Å²) in [4.78, 5) is 62.0. The number of amides is 2. The van der Waals surface area contributed by atoms with E-state index in [1.165, 1.54) is 14.2 Å². The van der Waals surface area contributed by atoms with E-state index in [1.807, 2.05) is 112 Å². The molecule has 2 aliphatic heterocycles. The molecule has 0 radical (unpaired) electrons. The molecule has 506 valence electrons. The average molecular weight is 1300 g/mol. The molecule has 0 saturated carbocycles. The fourth-order valence-corrected chi connectivity index (χ4v) is 13.0. The van der Waals surface area contributed by atoms with Crippen molar-refractivity contribution in [3.8, 4) is 46.0 Å². The second-order valence-electron chi connectivity index (χ2n) is 23.9. The molecule has 6 atom stereocenters.